The molecule has 0 radical (unpaired) electrons. The lowest BCUT2D eigenvalue weighted by molar-refractivity contribution is -0.380. The van der Waals surface area contributed by atoms with Crippen LogP contribution >= 0.6 is 15.9 Å². The first-order chi connectivity index (χ1) is 18.9. The van der Waals surface area contributed by atoms with E-state index in [9.17, 15) is 14.4 Å². The monoisotopic (exact) mass is 637 g/mol. The van der Waals surface area contributed by atoms with Crippen LogP contribution in [-0.4, -0.2) is 37.1 Å². The number of benzene rings is 2. The second kappa shape index (κ2) is 17.9. The van der Waals surface area contributed by atoms with Crippen LogP contribution in [0.25, 0.3) is 0 Å². The molecule has 1 aliphatic rings. The summed E-state index contributed by atoms with van der Waals surface area (Å²) in [5.74, 6) is 0.620. The summed E-state index contributed by atoms with van der Waals surface area (Å²) in [4.78, 5) is 38.2. The van der Waals surface area contributed by atoms with Crippen LogP contribution in [0.1, 0.15) is 63.0 Å². The van der Waals surface area contributed by atoms with Crippen molar-refractivity contribution in [1.29, 1.82) is 0 Å². The van der Waals surface area contributed by atoms with Gasteiger partial charge in [0.1, 0.15) is 18.4 Å². The molecule has 1 aliphatic carbocycles. The Hall–Kier alpha value is -2.62. The third-order valence-electron chi connectivity index (χ3n) is 7.21. The van der Waals surface area contributed by atoms with Gasteiger partial charge in [-0.25, -0.2) is 4.79 Å². The zero-order valence-corrected chi connectivity index (χ0v) is 25.5. The van der Waals surface area contributed by atoms with Gasteiger partial charge in [-0.3, -0.25) is 9.59 Å². The highest BCUT2D eigenvalue weighted by Crippen LogP contribution is 2.28. The van der Waals surface area contributed by atoms with Gasteiger partial charge in [-0.2, -0.15) is 0 Å². The number of amides is 2. The van der Waals surface area contributed by atoms with Gasteiger partial charge in [0.25, 0.3) is 0 Å². The van der Waals surface area contributed by atoms with Gasteiger partial charge in [-0.05, 0) is 55.9 Å². The van der Waals surface area contributed by atoms with Crippen molar-refractivity contribution in [1.82, 2.24) is 10.6 Å². The van der Waals surface area contributed by atoms with Crippen LogP contribution in [0.2, 0.25) is 0 Å². The van der Waals surface area contributed by atoms with Crippen LogP contribution in [0.3, 0.4) is 0 Å². The summed E-state index contributed by atoms with van der Waals surface area (Å²) < 4.78 is 11.4. The average Bonchev–Trinajstić information content (AvgIpc) is 2.95. The van der Waals surface area contributed by atoms with E-state index in [4.69, 9.17) is 9.47 Å². The molecular formula is C30H41BrClN3O5. The predicted molar refractivity (Wildman–Crippen MR) is 153 cm³/mol. The van der Waals surface area contributed by atoms with Gasteiger partial charge in [0, 0.05) is 34.8 Å². The van der Waals surface area contributed by atoms with Crippen molar-refractivity contribution in [2.75, 3.05) is 13.1 Å². The van der Waals surface area contributed by atoms with Crippen molar-refractivity contribution in [2.45, 2.75) is 70.9 Å². The van der Waals surface area contributed by atoms with E-state index in [0.29, 0.717) is 24.6 Å². The molecule has 5 N–H and O–H groups in total. The Bertz CT molecular complexity index is 1080. The highest BCUT2D eigenvalue weighted by Gasteiger charge is 2.29. The number of halogens is 2. The quantitative estimate of drug-likeness (QED) is 0.175. The van der Waals surface area contributed by atoms with Crippen molar-refractivity contribution >= 4 is 33.9 Å². The standard InChI is InChI=1S/C30H40BrN3O5.ClH/c1-2-3-6-17-33-29(36)27(34-28(35)23-13-9-22(19-32)10-14-23)18-21-11-15-25(16-12-21)39-30(37)38-20-24-7-4-5-8-26(24)31;/h4-5,7-8,11-12,15-16,22-23,27H,2-3,6,9-10,13-14,17-20,32H2,1H3,(H,33,36)(H,34,35);1H/t22?,23?,27-;/m0./s1. The summed E-state index contributed by atoms with van der Waals surface area (Å²) in [6.07, 6.45) is 6.22. The molecule has 0 spiro atoms. The van der Waals surface area contributed by atoms with E-state index in [2.05, 4.69) is 39.2 Å². The van der Waals surface area contributed by atoms with E-state index in [0.717, 1.165) is 67.1 Å². The molecule has 0 aliphatic heterocycles. The molecule has 0 heterocycles. The van der Waals surface area contributed by atoms with Crippen molar-refractivity contribution in [3.63, 3.8) is 0 Å². The molecule has 1 saturated carbocycles. The highest BCUT2D eigenvalue weighted by atomic mass is 79.9. The van der Waals surface area contributed by atoms with Crippen LogP contribution in [0.5, 0.6) is 5.75 Å². The van der Waals surface area contributed by atoms with Gasteiger partial charge < -0.3 is 38.2 Å². The number of hydrogen-bond acceptors (Lipinski definition) is 5. The summed E-state index contributed by atoms with van der Waals surface area (Å²) in [6, 6.07) is 13.7. The Labute approximate surface area is 251 Å². The topological polar surface area (TPSA) is 121 Å². The first-order valence-corrected chi connectivity index (χ1v) is 14.7. The normalized spacial score (nSPS) is 17.2. The largest absolute Gasteiger partial charge is 1.00 e. The number of nitrogens with one attached hydrogen (secondary N) is 2. The van der Waals surface area contributed by atoms with Crippen LogP contribution in [0.15, 0.2) is 53.0 Å². The summed E-state index contributed by atoms with van der Waals surface area (Å²) in [5, 5.41) is 6.00. The van der Waals surface area contributed by atoms with Gasteiger partial charge >= 0.3 is 6.16 Å². The fourth-order valence-electron chi connectivity index (χ4n) is 4.73. The molecule has 2 amide bonds. The molecule has 8 nitrogen and oxygen atoms in total. The molecule has 40 heavy (non-hydrogen) atoms. The first-order valence-electron chi connectivity index (χ1n) is 13.9. The Balaban J connectivity index is 0.00000560. The maximum Gasteiger partial charge on any atom is 0.514 e. The third-order valence-corrected chi connectivity index (χ3v) is 7.98. The van der Waals surface area contributed by atoms with E-state index in [1.807, 2.05) is 24.3 Å². The van der Waals surface area contributed by atoms with Gasteiger partial charge in [-0.1, -0.05) is 66.0 Å². The van der Waals surface area contributed by atoms with Gasteiger partial charge in [0.05, 0.1) is 6.54 Å². The molecule has 220 valence electrons. The lowest BCUT2D eigenvalue weighted by Crippen LogP contribution is -3.00. The van der Waals surface area contributed by atoms with Crippen LogP contribution < -0.4 is 33.5 Å². The fraction of sp³-hybridized carbons (Fsp3) is 0.500. The maximum atomic E-state index is 13.1. The van der Waals surface area contributed by atoms with E-state index in [1.54, 1.807) is 24.3 Å². The minimum Gasteiger partial charge on any atom is -1.00 e. The second-order valence-corrected chi connectivity index (χ2v) is 11.0. The summed E-state index contributed by atoms with van der Waals surface area (Å²) >= 11 is 3.42. The number of rotatable bonds is 13. The molecule has 0 aromatic heterocycles. The molecule has 0 unspecified atom stereocenters. The maximum absolute atomic E-state index is 13.1. The SMILES string of the molecule is CCCCCNC(=O)[C@H](Cc1ccc(OC(=O)OCc2ccccc2Br)cc1)NC(=O)C1CCC(C[NH3+])CC1.[Cl-]. The molecular weight excluding hydrogens is 598 g/mol. The number of carbonyl (C=O) groups excluding carboxylic acids is 3. The van der Waals surface area contributed by atoms with Gasteiger partial charge in [0.15, 0.2) is 0 Å². The van der Waals surface area contributed by atoms with Crippen LogP contribution in [0.4, 0.5) is 4.79 Å². The lowest BCUT2D eigenvalue weighted by atomic mass is 9.81. The molecule has 2 aromatic rings. The predicted octanol–water partition coefficient (Wildman–Crippen LogP) is 1.55. The van der Waals surface area contributed by atoms with Crippen molar-refractivity contribution in [2.24, 2.45) is 11.8 Å². The Morgan fingerprint density at radius 1 is 1.02 bits per heavy atom. The number of ether oxygens (including phenoxy) is 2. The Morgan fingerprint density at radius 3 is 2.38 bits per heavy atom. The molecule has 3 rings (SSSR count). The van der Waals surface area contributed by atoms with E-state index >= 15 is 0 Å². The summed E-state index contributed by atoms with van der Waals surface area (Å²) in [6.45, 7) is 3.69. The van der Waals surface area contributed by atoms with Gasteiger partial charge in [-0.15, -0.1) is 0 Å². The third kappa shape index (κ3) is 11.1. The molecule has 1 atom stereocenters. The highest BCUT2D eigenvalue weighted by molar-refractivity contribution is 9.10. The van der Waals surface area contributed by atoms with Crippen molar-refractivity contribution < 1.29 is 42.0 Å². The number of hydrogen-bond donors (Lipinski definition) is 3. The minimum absolute atomic E-state index is 0. The first kappa shape index (κ1) is 33.6. The molecule has 2 aromatic carbocycles. The fourth-order valence-corrected chi connectivity index (χ4v) is 5.13. The molecule has 0 bridgehead atoms. The van der Waals surface area contributed by atoms with Crippen molar-refractivity contribution in [3.05, 3.63) is 64.1 Å². The summed E-state index contributed by atoms with van der Waals surface area (Å²) in [7, 11) is 0. The number of quaternary nitrogens is 1. The number of unbranched alkanes of at least 4 members (excludes halogenated alkanes) is 2. The van der Waals surface area contributed by atoms with E-state index in [1.165, 1.54) is 0 Å². The van der Waals surface area contributed by atoms with E-state index in [-0.39, 0.29) is 36.7 Å². The summed E-state index contributed by atoms with van der Waals surface area (Å²) in [5.41, 5.74) is 5.68. The minimum atomic E-state index is -0.802. The Morgan fingerprint density at radius 2 is 1.73 bits per heavy atom. The van der Waals surface area contributed by atoms with Crippen LogP contribution in [-0.2, 0) is 27.4 Å². The molecule has 1 fully saturated rings. The number of carbonyl (C=O) groups is 3. The average molecular weight is 639 g/mol. The van der Waals surface area contributed by atoms with Crippen LogP contribution in [0, 0.1) is 11.8 Å². The Kier molecular flexibility index (Phi) is 15.1. The zero-order chi connectivity index (χ0) is 28.0. The van der Waals surface area contributed by atoms with Gasteiger partial charge in [0.2, 0.25) is 11.8 Å². The van der Waals surface area contributed by atoms with E-state index < -0.39 is 12.2 Å². The second-order valence-electron chi connectivity index (χ2n) is 10.1. The molecule has 10 heteroatoms. The smallest absolute Gasteiger partial charge is 0.514 e. The molecule has 0 saturated heterocycles. The zero-order valence-electron chi connectivity index (χ0n) is 23.1. The van der Waals surface area contributed by atoms with Crippen molar-refractivity contribution in [3.8, 4) is 5.75 Å². The lowest BCUT2D eigenvalue weighted by Gasteiger charge is -2.27.